The van der Waals surface area contributed by atoms with Crippen LogP contribution in [0.1, 0.15) is 5.56 Å². The second kappa shape index (κ2) is 4.66. The van der Waals surface area contributed by atoms with E-state index in [0.29, 0.717) is 17.9 Å². The van der Waals surface area contributed by atoms with Gasteiger partial charge in [0, 0.05) is 17.1 Å². The van der Waals surface area contributed by atoms with Crippen LogP contribution in [0.2, 0.25) is 0 Å². The van der Waals surface area contributed by atoms with Crippen molar-refractivity contribution < 1.29 is 4.39 Å². The maximum Gasteiger partial charge on any atom is 0.187 e. The van der Waals surface area contributed by atoms with Crippen molar-refractivity contribution in [1.82, 2.24) is 19.7 Å². The molecule has 3 rings (SSSR count). The first-order valence-corrected chi connectivity index (χ1v) is 6.23. The van der Waals surface area contributed by atoms with Crippen molar-refractivity contribution in [3.05, 3.63) is 53.6 Å². The van der Waals surface area contributed by atoms with E-state index in [1.807, 2.05) is 5.38 Å². The minimum atomic E-state index is -0.238. The SMILES string of the molecule is Fc1ccccc1Cn1ncnc1-c1nccs1. The third kappa shape index (κ3) is 2.02. The fourth-order valence-electron chi connectivity index (χ4n) is 1.67. The molecule has 0 atom stereocenters. The van der Waals surface area contributed by atoms with E-state index in [0.717, 1.165) is 5.01 Å². The summed E-state index contributed by atoms with van der Waals surface area (Å²) in [6.07, 6.45) is 3.17. The summed E-state index contributed by atoms with van der Waals surface area (Å²) in [6.45, 7) is 0.349. The molecule has 0 unspecified atom stereocenters. The summed E-state index contributed by atoms with van der Waals surface area (Å²) in [5.41, 5.74) is 0.584. The molecule has 4 nitrogen and oxygen atoms in total. The molecule has 2 aromatic heterocycles. The molecule has 0 spiro atoms. The lowest BCUT2D eigenvalue weighted by Gasteiger charge is -2.05. The molecule has 1 aromatic carbocycles. The Morgan fingerprint density at radius 1 is 1.22 bits per heavy atom. The molecule has 0 saturated heterocycles. The van der Waals surface area contributed by atoms with Gasteiger partial charge in [-0.25, -0.2) is 19.0 Å². The zero-order valence-electron chi connectivity index (χ0n) is 9.32. The summed E-state index contributed by atoms with van der Waals surface area (Å²) in [7, 11) is 0. The Morgan fingerprint density at radius 3 is 2.89 bits per heavy atom. The maximum absolute atomic E-state index is 13.6. The Kier molecular flexibility index (Phi) is 2.85. The number of thiazole rings is 1. The molecule has 0 radical (unpaired) electrons. The first kappa shape index (κ1) is 11.0. The van der Waals surface area contributed by atoms with Crippen molar-refractivity contribution in [3.63, 3.8) is 0 Å². The zero-order chi connectivity index (χ0) is 12.4. The van der Waals surface area contributed by atoms with E-state index >= 15 is 0 Å². The zero-order valence-corrected chi connectivity index (χ0v) is 10.1. The smallest absolute Gasteiger partial charge is 0.187 e. The Morgan fingerprint density at radius 2 is 2.11 bits per heavy atom. The summed E-state index contributed by atoms with van der Waals surface area (Å²) in [5, 5.41) is 6.77. The van der Waals surface area contributed by atoms with Gasteiger partial charge >= 0.3 is 0 Å². The van der Waals surface area contributed by atoms with Crippen LogP contribution in [0.5, 0.6) is 0 Å². The van der Waals surface area contributed by atoms with Gasteiger partial charge in [-0.15, -0.1) is 11.3 Å². The minimum absolute atomic E-state index is 0.238. The largest absolute Gasteiger partial charge is 0.241 e. The van der Waals surface area contributed by atoms with Crippen molar-refractivity contribution in [2.45, 2.75) is 6.54 Å². The van der Waals surface area contributed by atoms with Crippen molar-refractivity contribution in [1.29, 1.82) is 0 Å². The van der Waals surface area contributed by atoms with Crippen molar-refractivity contribution in [2.75, 3.05) is 0 Å². The monoisotopic (exact) mass is 260 g/mol. The Bertz CT molecular complexity index is 648. The standard InChI is InChI=1S/C12H9FN4S/c13-10-4-2-1-3-9(10)7-17-11(15-8-16-17)12-14-5-6-18-12/h1-6,8H,7H2. The number of benzene rings is 1. The highest BCUT2D eigenvalue weighted by Crippen LogP contribution is 2.20. The number of halogens is 1. The lowest BCUT2D eigenvalue weighted by atomic mass is 10.2. The Hall–Kier alpha value is -2.08. The topological polar surface area (TPSA) is 43.6 Å². The first-order valence-electron chi connectivity index (χ1n) is 5.35. The molecule has 0 aliphatic rings. The average Bonchev–Trinajstić information content (AvgIpc) is 3.02. The predicted molar refractivity (Wildman–Crippen MR) is 66.6 cm³/mol. The van der Waals surface area contributed by atoms with Gasteiger partial charge in [0.2, 0.25) is 0 Å². The van der Waals surface area contributed by atoms with Crippen LogP contribution < -0.4 is 0 Å². The molecule has 3 aromatic rings. The van der Waals surface area contributed by atoms with Gasteiger partial charge in [-0.2, -0.15) is 5.10 Å². The fraction of sp³-hybridized carbons (Fsp3) is 0.0833. The van der Waals surface area contributed by atoms with Crippen LogP contribution in [0, 0.1) is 5.82 Å². The lowest BCUT2D eigenvalue weighted by Crippen LogP contribution is -2.05. The summed E-state index contributed by atoms with van der Waals surface area (Å²) < 4.78 is 15.2. The van der Waals surface area contributed by atoms with Crippen molar-refractivity contribution in [2.24, 2.45) is 0 Å². The molecule has 0 bridgehead atoms. The summed E-state index contributed by atoms with van der Waals surface area (Å²) in [5.74, 6) is 0.423. The number of aromatic nitrogens is 4. The van der Waals surface area contributed by atoms with Gasteiger partial charge in [-0.3, -0.25) is 0 Å². The number of hydrogen-bond acceptors (Lipinski definition) is 4. The normalized spacial score (nSPS) is 10.7. The highest BCUT2D eigenvalue weighted by atomic mass is 32.1. The van der Waals surface area contributed by atoms with Gasteiger partial charge in [-0.1, -0.05) is 18.2 Å². The van der Waals surface area contributed by atoms with E-state index in [4.69, 9.17) is 0 Å². The molecule has 0 amide bonds. The summed E-state index contributed by atoms with van der Waals surface area (Å²) in [6, 6.07) is 6.65. The third-order valence-corrected chi connectivity index (χ3v) is 3.29. The van der Waals surface area contributed by atoms with Crippen LogP contribution in [0.25, 0.3) is 10.8 Å². The van der Waals surface area contributed by atoms with Gasteiger partial charge in [0.05, 0.1) is 6.54 Å². The van der Waals surface area contributed by atoms with E-state index < -0.39 is 0 Å². The molecule has 18 heavy (non-hydrogen) atoms. The van der Waals surface area contributed by atoms with E-state index in [2.05, 4.69) is 15.1 Å². The van der Waals surface area contributed by atoms with Gasteiger partial charge in [0.25, 0.3) is 0 Å². The fourth-order valence-corrected chi connectivity index (χ4v) is 2.30. The molecular weight excluding hydrogens is 251 g/mol. The molecule has 0 saturated carbocycles. The quantitative estimate of drug-likeness (QED) is 0.727. The number of nitrogens with zero attached hydrogens (tertiary/aromatic N) is 4. The predicted octanol–water partition coefficient (Wildman–Crippen LogP) is 2.59. The highest BCUT2D eigenvalue weighted by molar-refractivity contribution is 7.13. The van der Waals surface area contributed by atoms with Gasteiger partial charge < -0.3 is 0 Å². The third-order valence-electron chi connectivity index (χ3n) is 2.52. The van der Waals surface area contributed by atoms with E-state index in [-0.39, 0.29) is 5.82 Å². The van der Waals surface area contributed by atoms with Crippen LogP contribution in [0.3, 0.4) is 0 Å². The summed E-state index contributed by atoms with van der Waals surface area (Å²) >= 11 is 1.48. The van der Waals surface area contributed by atoms with Crippen LogP contribution in [-0.4, -0.2) is 19.7 Å². The van der Waals surface area contributed by atoms with E-state index in [1.165, 1.54) is 23.7 Å². The van der Waals surface area contributed by atoms with Gasteiger partial charge in [0.15, 0.2) is 10.8 Å². The van der Waals surface area contributed by atoms with E-state index in [1.54, 1.807) is 29.1 Å². The molecule has 0 fully saturated rings. The van der Waals surface area contributed by atoms with Gasteiger partial charge in [0.1, 0.15) is 12.1 Å². The molecule has 90 valence electrons. The molecular formula is C12H9FN4S. The Balaban J connectivity index is 1.95. The van der Waals surface area contributed by atoms with Crippen molar-refractivity contribution >= 4 is 11.3 Å². The average molecular weight is 260 g/mol. The molecule has 2 heterocycles. The highest BCUT2D eigenvalue weighted by Gasteiger charge is 2.11. The van der Waals surface area contributed by atoms with Crippen LogP contribution in [-0.2, 0) is 6.54 Å². The van der Waals surface area contributed by atoms with Crippen molar-refractivity contribution in [3.8, 4) is 10.8 Å². The molecule has 0 N–H and O–H groups in total. The molecule has 0 aliphatic carbocycles. The maximum atomic E-state index is 13.6. The van der Waals surface area contributed by atoms with Crippen LogP contribution in [0.15, 0.2) is 42.2 Å². The van der Waals surface area contributed by atoms with Gasteiger partial charge in [-0.05, 0) is 6.07 Å². The Labute approximate surface area is 107 Å². The second-order valence-electron chi connectivity index (χ2n) is 3.67. The second-order valence-corrected chi connectivity index (χ2v) is 4.56. The lowest BCUT2D eigenvalue weighted by molar-refractivity contribution is 0.586. The van der Waals surface area contributed by atoms with E-state index in [9.17, 15) is 4.39 Å². The molecule has 6 heteroatoms. The van der Waals surface area contributed by atoms with Crippen LogP contribution >= 0.6 is 11.3 Å². The summed E-state index contributed by atoms with van der Waals surface area (Å²) in [4.78, 5) is 8.35. The van der Waals surface area contributed by atoms with Crippen LogP contribution in [0.4, 0.5) is 4.39 Å². The number of hydrogen-bond donors (Lipinski definition) is 0. The molecule has 0 aliphatic heterocycles. The minimum Gasteiger partial charge on any atom is -0.241 e. The number of rotatable bonds is 3. The first-order chi connectivity index (χ1) is 8.84.